The Hall–Kier alpha value is -7.63. The van der Waals surface area contributed by atoms with Gasteiger partial charge < -0.3 is 9.13 Å². The average molecular weight is 716 g/mol. The van der Waals surface area contributed by atoms with Gasteiger partial charge in [-0.05, 0) is 54.1 Å². The molecule has 0 saturated heterocycles. The van der Waals surface area contributed by atoms with Gasteiger partial charge in [0, 0.05) is 55.2 Å². The van der Waals surface area contributed by atoms with E-state index in [1.165, 1.54) is 21.5 Å². The molecule has 5 nitrogen and oxygen atoms in total. The monoisotopic (exact) mass is 715 g/mol. The second-order valence-electron chi connectivity index (χ2n) is 14.0. The second kappa shape index (κ2) is 13.0. The summed E-state index contributed by atoms with van der Waals surface area (Å²) < 4.78 is 4.79. The average Bonchev–Trinajstić information content (AvgIpc) is 3.80. The van der Waals surface area contributed by atoms with Crippen molar-refractivity contribution >= 4 is 43.6 Å². The molecule has 0 spiro atoms. The molecule has 11 aromatic rings. The molecular weight excluding hydrogens is 683 g/mol. The topological polar surface area (TPSA) is 48.5 Å². The van der Waals surface area contributed by atoms with Crippen LogP contribution in [0.3, 0.4) is 0 Å². The number of fused-ring (bicyclic) bond motifs is 6. The molecule has 0 fully saturated rings. The molecule has 0 N–H and O–H groups in total. The summed E-state index contributed by atoms with van der Waals surface area (Å²) in [6.07, 6.45) is 0. The van der Waals surface area contributed by atoms with Gasteiger partial charge in [-0.1, -0.05) is 152 Å². The van der Waals surface area contributed by atoms with E-state index in [2.05, 4.69) is 173 Å². The number of hydrogen-bond donors (Lipinski definition) is 0. The SMILES string of the molecule is c1ccc(-c2nc(-c3ccccc3)nc(-c3cc(-c4cccc5c6ccccc6n(-c6ccccc6)c45)c4c5ccccc5n(-c5ccccc5)c4c3)n2)cc1. The van der Waals surface area contributed by atoms with Gasteiger partial charge in [-0.3, -0.25) is 0 Å². The van der Waals surface area contributed by atoms with Gasteiger partial charge in [0.15, 0.2) is 17.5 Å². The molecule has 11 rings (SSSR count). The maximum absolute atomic E-state index is 5.22. The van der Waals surface area contributed by atoms with Crippen LogP contribution in [0.1, 0.15) is 0 Å². The van der Waals surface area contributed by atoms with Crippen LogP contribution in [0.25, 0.3) is 100 Å². The first-order chi connectivity index (χ1) is 27.8. The van der Waals surface area contributed by atoms with Crippen molar-refractivity contribution in [2.24, 2.45) is 0 Å². The second-order valence-corrected chi connectivity index (χ2v) is 14.0. The lowest BCUT2D eigenvalue weighted by Gasteiger charge is -2.15. The maximum atomic E-state index is 5.22. The number of nitrogens with zero attached hydrogens (tertiary/aromatic N) is 5. The minimum absolute atomic E-state index is 0.613. The first-order valence-corrected chi connectivity index (χ1v) is 18.9. The van der Waals surface area contributed by atoms with Crippen LogP contribution in [-0.4, -0.2) is 24.1 Å². The minimum atomic E-state index is 0.613. The van der Waals surface area contributed by atoms with E-state index in [1.54, 1.807) is 0 Å². The molecule has 0 saturated carbocycles. The number of hydrogen-bond acceptors (Lipinski definition) is 3. The lowest BCUT2D eigenvalue weighted by Crippen LogP contribution is -2.01. The van der Waals surface area contributed by atoms with E-state index in [4.69, 9.17) is 15.0 Å². The largest absolute Gasteiger partial charge is 0.309 e. The van der Waals surface area contributed by atoms with Gasteiger partial charge in [-0.2, -0.15) is 0 Å². The molecule has 0 unspecified atom stereocenters. The van der Waals surface area contributed by atoms with Crippen molar-refractivity contribution < 1.29 is 0 Å². The van der Waals surface area contributed by atoms with E-state index in [1.807, 2.05) is 36.4 Å². The third-order valence-electron chi connectivity index (χ3n) is 10.7. The molecule has 0 atom stereocenters. The molecule has 0 bridgehead atoms. The van der Waals surface area contributed by atoms with E-state index < -0.39 is 0 Å². The van der Waals surface area contributed by atoms with E-state index in [9.17, 15) is 0 Å². The number of aromatic nitrogens is 5. The highest BCUT2D eigenvalue weighted by atomic mass is 15.0. The van der Waals surface area contributed by atoms with E-state index in [0.29, 0.717) is 17.5 Å². The molecule has 5 heteroatoms. The van der Waals surface area contributed by atoms with Gasteiger partial charge in [0.1, 0.15) is 0 Å². The fourth-order valence-corrected chi connectivity index (χ4v) is 8.31. The highest BCUT2D eigenvalue weighted by Crippen LogP contribution is 2.45. The van der Waals surface area contributed by atoms with Crippen LogP contribution in [-0.2, 0) is 0 Å². The summed E-state index contributed by atoms with van der Waals surface area (Å²) in [6.45, 7) is 0. The van der Waals surface area contributed by atoms with Crippen LogP contribution in [0.5, 0.6) is 0 Å². The zero-order valence-electron chi connectivity index (χ0n) is 30.3. The predicted octanol–water partition coefficient (Wildman–Crippen LogP) is 12.7. The summed E-state index contributed by atoms with van der Waals surface area (Å²) in [5.41, 5.74) is 11.7. The number of para-hydroxylation sites is 5. The van der Waals surface area contributed by atoms with E-state index >= 15 is 0 Å². The van der Waals surface area contributed by atoms with Gasteiger partial charge in [0.05, 0.1) is 22.1 Å². The van der Waals surface area contributed by atoms with Crippen LogP contribution in [0, 0.1) is 0 Å². The summed E-state index contributed by atoms with van der Waals surface area (Å²) in [5.74, 6) is 1.87. The molecule has 3 aromatic heterocycles. The molecule has 56 heavy (non-hydrogen) atoms. The zero-order valence-corrected chi connectivity index (χ0v) is 30.3. The van der Waals surface area contributed by atoms with E-state index in [0.717, 1.165) is 61.3 Å². The first-order valence-electron chi connectivity index (χ1n) is 18.9. The number of rotatable bonds is 6. The molecule has 0 radical (unpaired) electrons. The first kappa shape index (κ1) is 31.9. The van der Waals surface area contributed by atoms with Crippen LogP contribution < -0.4 is 0 Å². The molecule has 262 valence electrons. The van der Waals surface area contributed by atoms with Crippen molar-refractivity contribution in [1.82, 2.24) is 24.1 Å². The maximum Gasteiger partial charge on any atom is 0.164 e. The van der Waals surface area contributed by atoms with Crippen molar-refractivity contribution in [3.05, 3.63) is 200 Å². The molecule has 8 aromatic carbocycles. The normalized spacial score (nSPS) is 11.6. The van der Waals surface area contributed by atoms with Crippen LogP contribution in [0.4, 0.5) is 0 Å². The summed E-state index contributed by atoms with van der Waals surface area (Å²) in [5, 5.41) is 4.76. The zero-order chi connectivity index (χ0) is 37.0. The predicted molar refractivity (Wildman–Crippen MR) is 230 cm³/mol. The van der Waals surface area contributed by atoms with Gasteiger partial charge in [-0.25, -0.2) is 15.0 Å². The van der Waals surface area contributed by atoms with Crippen molar-refractivity contribution in [3.63, 3.8) is 0 Å². The van der Waals surface area contributed by atoms with E-state index in [-0.39, 0.29) is 0 Å². The Kier molecular flexibility index (Phi) is 7.42. The summed E-state index contributed by atoms with van der Waals surface area (Å²) in [6, 6.07) is 70.4. The standard InChI is InChI=1S/C51H33N5/c1-5-18-34(19-6-1)49-52-50(35-20-7-2-8-21-35)54-51(53-49)36-32-43(47-42-27-14-16-31-45(42)55(46(47)33-36)37-22-9-3-10-23-37)41-29-17-28-40-39-26-13-15-30-44(39)56(48(40)41)38-24-11-4-12-25-38/h1-33H. The Bertz CT molecular complexity index is 3160. The fourth-order valence-electron chi connectivity index (χ4n) is 8.31. The summed E-state index contributed by atoms with van der Waals surface area (Å²) in [4.78, 5) is 15.5. The summed E-state index contributed by atoms with van der Waals surface area (Å²) in [7, 11) is 0. The van der Waals surface area contributed by atoms with Gasteiger partial charge in [-0.15, -0.1) is 0 Å². The smallest absolute Gasteiger partial charge is 0.164 e. The highest BCUT2D eigenvalue weighted by molar-refractivity contribution is 6.21. The summed E-state index contributed by atoms with van der Waals surface area (Å²) >= 11 is 0. The lowest BCUT2D eigenvalue weighted by molar-refractivity contribution is 1.07. The molecule has 0 aliphatic carbocycles. The minimum Gasteiger partial charge on any atom is -0.309 e. The van der Waals surface area contributed by atoms with Gasteiger partial charge in [0.25, 0.3) is 0 Å². The molecular formula is C51H33N5. The Morgan fingerprint density at radius 1 is 0.304 bits per heavy atom. The third kappa shape index (κ3) is 5.13. The molecule has 3 heterocycles. The van der Waals surface area contributed by atoms with Crippen molar-refractivity contribution in [3.8, 4) is 56.7 Å². The highest BCUT2D eigenvalue weighted by Gasteiger charge is 2.23. The Morgan fingerprint density at radius 2 is 0.768 bits per heavy atom. The Balaban J connectivity index is 1.30. The van der Waals surface area contributed by atoms with Crippen molar-refractivity contribution in [2.75, 3.05) is 0 Å². The molecule has 0 aliphatic heterocycles. The van der Waals surface area contributed by atoms with Gasteiger partial charge in [0.2, 0.25) is 0 Å². The fraction of sp³-hybridized carbons (Fsp3) is 0. The quantitative estimate of drug-likeness (QED) is 0.172. The van der Waals surface area contributed by atoms with Crippen molar-refractivity contribution in [1.29, 1.82) is 0 Å². The molecule has 0 amide bonds. The third-order valence-corrected chi connectivity index (χ3v) is 10.7. The van der Waals surface area contributed by atoms with Crippen LogP contribution in [0.2, 0.25) is 0 Å². The van der Waals surface area contributed by atoms with Gasteiger partial charge >= 0.3 is 0 Å². The van der Waals surface area contributed by atoms with Crippen molar-refractivity contribution in [2.45, 2.75) is 0 Å². The Labute approximate surface area is 323 Å². The Morgan fingerprint density at radius 3 is 1.38 bits per heavy atom. The molecule has 0 aliphatic rings. The number of benzene rings is 8. The van der Waals surface area contributed by atoms with Crippen LogP contribution in [0.15, 0.2) is 200 Å². The van der Waals surface area contributed by atoms with Crippen LogP contribution >= 0.6 is 0 Å². The lowest BCUT2D eigenvalue weighted by atomic mass is 9.94.